The van der Waals surface area contributed by atoms with Crippen molar-refractivity contribution in [3.8, 4) is 0 Å². The molecule has 0 heterocycles. The van der Waals surface area contributed by atoms with E-state index in [9.17, 15) is 4.79 Å². The van der Waals surface area contributed by atoms with Gasteiger partial charge in [0.25, 0.3) is 0 Å². The quantitative estimate of drug-likeness (QED) is 0.239. The molecule has 0 aliphatic heterocycles. The van der Waals surface area contributed by atoms with E-state index in [-0.39, 0.29) is 17.1 Å². The molecule has 1 atom stereocenters. The molecule has 0 spiro atoms. The molecule has 0 aliphatic rings. The standard InChI is InChI=1S/C17H31IO3Si/c1-13(11-10-12-18)14(17(5,6)15(19)20-7)21-22(8,9)16(2,3)4/h10-12,14H,1-9H3/b12-10-,13-11-/t14-/m1/s1. The molecule has 5 heteroatoms. The van der Waals surface area contributed by atoms with Crippen LogP contribution in [0.1, 0.15) is 41.5 Å². The average molecular weight is 438 g/mol. The first-order valence-corrected chi connectivity index (χ1v) is 11.7. The fraction of sp³-hybridized carbons (Fsp3) is 0.706. The highest BCUT2D eigenvalue weighted by Gasteiger charge is 2.46. The number of carbonyl (C=O) groups excluding carboxylic acids is 1. The van der Waals surface area contributed by atoms with E-state index in [0.717, 1.165) is 5.57 Å². The maximum atomic E-state index is 12.3. The molecule has 0 unspecified atom stereocenters. The molecule has 0 aromatic heterocycles. The molecule has 0 aromatic rings. The Hall–Kier alpha value is -0.143. The van der Waals surface area contributed by atoms with Gasteiger partial charge in [-0.1, -0.05) is 55.5 Å². The van der Waals surface area contributed by atoms with Crippen LogP contribution in [0.25, 0.3) is 0 Å². The number of allylic oxidation sites excluding steroid dienone is 2. The van der Waals surface area contributed by atoms with E-state index in [2.05, 4.69) is 56.5 Å². The van der Waals surface area contributed by atoms with Crippen molar-refractivity contribution in [3.05, 3.63) is 21.8 Å². The van der Waals surface area contributed by atoms with Crippen LogP contribution < -0.4 is 0 Å². The first-order valence-electron chi connectivity index (χ1n) is 7.51. The molecule has 0 amide bonds. The minimum absolute atomic E-state index is 0.0802. The van der Waals surface area contributed by atoms with Crippen LogP contribution in [0.3, 0.4) is 0 Å². The largest absolute Gasteiger partial charge is 0.469 e. The molecule has 0 N–H and O–H groups in total. The van der Waals surface area contributed by atoms with E-state index < -0.39 is 13.7 Å². The third-order valence-electron chi connectivity index (χ3n) is 4.43. The van der Waals surface area contributed by atoms with Crippen LogP contribution in [-0.4, -0.2) is 27.5 Å². The summed E-state index contributed by atoms with van der Waals surface area (Å²) in [5.41, 5.74) is 0.303. The van der Waals surface area contributed by atoms with Crippen LogP contribution in [0.4, 0.5) is 0 Å². The number of hydrogen-bond donors (Lipinski definition) is 0. The maximum absolute atomic E-state index is 12.3. The van der Waals surface area contributed by atoms with Gasteiger partial charge in [-0.15, -0.1) is 0 Å². The number of rotatable bonds is 6. The summed E-state index contributed by atoms with van der Waals surface area (Å²) in [6, 6.07) is 0. The van der Waals surface area contributed by atoms with Gasteiger partial charge in [-0.2, -0.15) is 0 Å². The van der Waals surface area contributed by atoms with Gasteiger partial charge < -0.3 is 9.16 Å². The Morgan fingerprint density at radius 3 is 2.05 bits per heavy atom. The second-order valence-electron chi connectivity index (χ2n) is 7.70. The van der Waals surface area contributed by atoms with Crippen molar-refractivity contribution < 1.29 is 14.0 Å². The Morgan fingerprint density at radius 1 is 1.18 bits per heavy atom. The van der Waals surface area contributed by atoms with E-state index in [1.807, 2.05) is 37.0 Å². The lowest BCUT2D eigenvalue weighted by Crippen LogP contribution is -2.50. The van der Waals surface area contributed by atoms with Crippen LogP contribution in [0, 0.1) is 5.41 Å². The Balaban J connectivity index is 5.79. The number of methoxy groups -OCH3 is 1. The monoisotopic (exact) mass is 438 g/mol. The van der Waals surface area contributed by atoms with Crippen molar-refractivity contribution in [2.24, 2.45) is 5.41 Å². The normalized spacial score (nSPS) is 16.0. The van der Waals surface area contributed by atoms with Crippen molar-refractivity contribution in [2.75, 3.05) is 7.11 Å². The Kier molecular flexibility index (Phi) is 8.05. The molecule has 0 saturated carbocycles. The fourth-order valence-corrected chi connectivity index (χ4v) is 3.56. The average Bonchev–Trinajstić information content (AvgIpc) is 2.39. The van der Waals surface area contributed by atoms with Gasteiger partial charge in [-0.25, -0.2) is 0 Å². The van der Waals surface area contributed by atoms with E-state index >= 15 is 0 Å². The zero-order chi connectivity index (χ0) is 17.8. The highest BCUT2D eigenvalue weighted by Crippen LogP contribution is 2.41. The number of halogens is 1. The molecule has 128 valence electrons. The summed E-state index contributed by atoms with van der Waals surface area (Å²) in [7, 11) is -0.585. The highest BCUT2D eigenvalue weighted by atomic mass is 127. The van der Waals surface area contributed by atoms with Crippen molar-refractivity contribution in [2.45, 2.75) is 65.8 Å². The van der Waals surface area contributed by atoms with Crippen LogP contribution in [0.2, 0.25) is 18.1 Å². The summed E-state index contributed by atoms with van der Waals surface area (Å²) >= 11 is 2.18. The predicted octanol–water partition coefficient (Wildman–Crippen LogP) is 5.47. The molecule has 22 heavy (non-hydrogen) atoms. The van der Waals surface area contributed by atoms with Crippen molar-refractivity contribution in [1.82, 2.24) is 0 Å². The minimum atomic E-state index is -2.01. The molecule has 0 saturated heterocycles. The molecule has 0 bridgehead atoms. The lowest BCUT2D eigenvalue weighted by Gasteiger charge is -2.43. The smallest absolute Gasteiger partial charge is 0.314 e. The van der Waals surface area contributed by atoms with E-state index in [4.69, 9.17) is 9.16 Å². The summed E-state index contributed by atoms with van der Waals surface area (Å²) in [5, 5.41) is 0.0802. The summed E-state index contributed by atoms with van der Waals surface area (Å²) in [6.07, 6.45) is 3.67. The second kappa shape index (κ2) is 8.10. The van der Waals surface area contributed by atoms with Gasteiger partial charge in [-0.05, 0) is 48.6 Å². The van der Waals surface area contributed by atoms with Crippen LogP contribution in [0.15, 0.2) is 21.8 Å². The van der Waals surface area contributed by atoms with Gasteiger partial charge in [0, 0.05) is 0 Å². The summed E-state index contributed by atoms with van der Waals surface area (Å²) in [6.45, 7) is 16.8. The molecule has 3 nitrogen and oxygen atoms in total. The fourth-order valence-electron chi connectivity index (χ4n) is 1.93. The van der Waals surface area contributed by atoms with Gasteiger partial charge >= 0.3 is 5.97 Å². The molecule has 0 aliphatic carbocycles. The molecule has 0 fully saturated rings. The predicted molar refractivity (Wildman–Crippen MR) is 105 cm³/mol. The van der Waals surface area contributed by atoms with E-state index in [1.54, 1.807) is 0 Å². The van der Waals surface area contributed by atoms with Gasteiger partial charge in [0.2, 0.25) is 0 Å². The summed E-state index contributed by atoms with van der Waals surface area (Å²) in [5.74, 6) is -0.248. The van der Waals surface area contributed by atoms with Crippen LogP contribution in [0.5, 0.6) is 0 Å². The van der Waals surface area contributed by atoms with Crippen molar-refractivity contribution >= 4 is 36.9 Å². The summed E-state index contributed by atoms with van der Waals surface area (Å²) < 4.78 is 13.5. The highest BCUT2D eigenvalue weighted by molar-refractivity contribution is 14.1. The van der Waals surface area contributed by atoms with E-state index in [1.165, 1.54) is 7.11 Å². The second-order valence-corrected chi connectivity index (χ2v) is 13.2. The number of carbonyl (C=O) groups is 1. The number of esters is 1. The third-order valence-corrected chi connectivity index (χ3v) is 9.28. The van der Waals surface area contributed by atoms with Gasteiger partial charge in [-0.3, -0.25) is 4.79 Å². The lowest BCUT2D eigenvalue weighted by molar-refractivity contribution is -0.155. The van der Waals surface area contributed by atoms with Crippen LogP contribution in [-0.2, 0) is 14.0 Å². The Morgan fingerprint density at radius 2 is 1.68 bits per heavy atom. The molecule has 0 rings (SSSR count). The van der Waals surface area contributed by atoms with Gasteiger partial charge in [0.05, 0.1) is 18.6 Å². The number of ether oxygens (including phenoxy) is 1. The van der Waals surface area contributed by atoms with Crippen molar-refractivity contribution in [3.63, 3.8) is 0 Å². The molecule has 0 radical (unpaired) electrons. The molecular formula is C17H31IO3Si. The van der Waals surface area contributed by atoms with Gasteiger partial charge in [0.1, 0.15) is 0 Å². The first-order chi connectivity index (χ1) is 9.81. The minimum Gasteiger partial charge on any atom is -0.469 e. The third kappa shape index (κ3) is 5.49. The zero-order valence-corrected chi connectivity index (χ0v) is 18.6. The Bertz CT molecular complexity index is 445. The maximum Gasteiger partial charge on any atom is 0.314 e. The first kappa shape index (κ1) is 21.9. The molecular weight excluding hydrogens is 407 g/mol. The van der Waals surface area contributed by atoms with E-state index in [0.29, 0.717) is 0 Å². The topological polar surface area (TPSA) is 35.5 Å². The SMILES string of the molecule is COC(=O)C(C)(C)[C@H](O[Si](C)(C)C(C)(C)C)/C(C)=C\C=C/I. The van der Waals surface area contributed by atoms with Gasteiger partial charge in [0.15, 0.2) is 8.32 Å². The Labute approximate surface area is 150 Å². The lowest BCUT2D eigenvalue weighted by atomic mass is 9.83. The zero-order valence-electron chi connectivity index (χ0n) is 15.4. The summed E-state index contributed by atoms with van der Waals surface area (Å²) in [4.78, 5) is 12.3. The molecule has 0 aromatic carbocycles. The number of hydrogen-bond acceptors (Lipinski definition) is 3. The van der Waals surface area contributed by atoms with Crippen molar-refractivity contribution in [1.29, 1.82) is 0 Å². The van der Waals surface area contributed by atoms with Crippen LogP contribution >= 0.6 is 22.6 Å².